The van der Waals surface area contributed by atoms with Gasteiger partial charge < -0.3 is 5.32 Å². The normalized spacial score (nSPS) is 12.0. The summed E-state index contributed by atoms with van der Waals surface area (Å²) < 4.78 is 1.87. The minimum Gasteiger partial charge on any atom is -0.369 e. The molecule has 2 aromatic rings. The predicted molar refractivity (Wildman–Crippen MR) is 84.1 cm³/mol. The fourth-order valence-corrected chi connectivity index (χ4v) is 2.45. The zero-order chi connectivity index (χ0) is 14.6. The van der Waals surface area contributed by atoms with Gasteiger partial charge >= 0.3 is 0 Å². The van der Waals surface area contributed by atoms with Crippen LogP contribution in [0.4, 0.5) is 5.82 Å². The highest BCUT2D eigenvalue weighted by Gasteiger charge is 2.17. The fraction of sp³-hybridized carbons (Fsp3) is 0.625. The zero-order valence-corrected chi connectivity index (χ0v) is 13.1. The van der Waals surface area contributed by atoms with Crippen LogP contribution in [0.1, 0.15) is 52.0 Å². The van der Waals surface area contributed by atoms with Crippen molar-refractivity contribution in [3.63, 3.8) is 0 Å². The highest BCUT2D eigenvalue weighted by Crippen LogP contribution is 2.24. The SMILES string of the molecule is CCCCCC(C)(C)CNc1cc(C)cc2ncnn12. The van der Waals surface area contributed by atoms with Crippen LogP contribution in [0.2, 0.25) is 0 Å². The van der Waals surface area contributed by atoms with Crippen LogP contribution >= 0.6 is 0 Å². The van der Waals surface area contributed by atoms with Crippen LogP contribution in [0.15, 0.2) is 18.5 Å². The van der Waals surface area contributed by atoms with Crippen molar-refractivity contribution in [2.75, 3.05) is 11.9 Å². The van der Waals surface area contributed by atoms with Gasteiger partial charge in [-0.25, -0.2) is 4.98 Å². The third-order valence-corrected chi connectivity index (χ3v) is 3.73. The number of pyridine rings is 1. The number of unbranched alkanes of at least 4 members (excludes halogenated alkanes) is 2. The topological polar surface area (TPSA) is 42.2 Å². The van der Waals surface area contributed by atoms with Crippen LogP contribution in [-0.2, 0) is 0 Å². The van der Waals surface area contributed by atoms with E-state index < -0.39 is 0 Å². The molecule has 0 aliphatic rings. The Morgan fingerprint density at radius 2 is 2.05 bits per heavy atom. The molecular weight excluding hydrogens is 248 g/mol. The van der Waals surface area contributed by atoms with Gasteiger partial charge in [0, 0.05) is 6.54 Å². The van der Waals surface area contributed by atoms with Crippen molar-refractivity contribution >= 4 is 11.5 Å². The van der Waals surface area contributed by atoms with Gasteiger partial charge in [0.1, 0.15) is 12.1 Å². The van der Waals surface area contributed by atoms with Gasteiger partial charge in [0.15, 0.2) is 5.65 Å². The van der Waals surface area contributed by atoms with Gasteiger partial charge in [0.2, 0.25) is 0 Å². The zero-order valence-electron chi connectivity index (χ0n) is 13.1. The average Bonchev–Trinajstić information content (AvgIpc) is 2.84. The summed E-state index contributed by atoms with van der Waals surface area (Å²) in [6.07, 6.45) is 6.76. The molecule has 0 atom stereocenters. The van der Waals surface area contributed by atoms with Crippen molar-refractivity contribution in [3.05, 3.63) is 24.0 Å². The third kappa shape index (κ3) is 3.71. The Balaban J connectivity index is 2.03. The molecule has 0 aliphatic heterocycles. The maximum absolute atomic E-state index is 4.28. The van der Waals surface area contributed by atoms with Crippen LogP contribution in [0.3, 0.4) is 0 Å². The van der Waals surface area contributed by atoms with E-state index in [1.165, 1.54) is 31.2 Å². The lowest BCUT2D eigenvalue weighted by molar-refractivity contribution is 0.342. The quantitative estimate of drug-likeness (QED) is 0.774. The van der Waals surface area contributed by atoms with Crippen molar-refractivity contribution in [2.45, 2.75) is 53.4 Å². The maximum atomic E-state index is 4.28. The number of aromatic nitrogens is 3. The van der Waals surface area contributed by atoms with Gasteiger partial charge in [-0.1, -0.05) is 40.0 Å². The van der Waals surface area contributed by atoms with E-state index in [0.29, 0.717) is 5.41 Å². The summed E-state index contributed by atoms with van der Waals surface area (Å²) in [5.41, 5.74) is 2.40. The Hall–Kier alpha value is -1.58. The summed E-state index contributed by atoms with van der Waals surface area (Å²) in [6.45, 7) is 9.94. The number of anilines is 1. The first-order valence-electron chi connectivity index (χ1n) is 7.56. The lowest BCUT2D eigenvalue weighted by Crippen LogP contribution is -2.24. The Kier molecular flexibility index (Phi) is 4.63. The molecule has 110 valence electrons. The molecule has 0 aromatic carbocycles. The fourth-order valence-electron chi connectivity index (χ4n) is 2.45. The van der Waals surface area contributed by atoms with Crippen molar-refractivity contribution < 1.29 is 0 Å². The van der Waals surface area contributed by atoms with Crippen molar-refractivity contribution in [1.82, 2.24) is 14.6 Å². The van der Waals surface area contributed by atoms with E-state index in [0.717, 1.165) is 18.0 Å². The Morgan fingerprint density at radius 1 is 1.25 bits per heavy atom. The molecule has 0 radical (unpaired) electrons. The number of hydrogen-bond donors (Lipinski definition) is 1. The van der Waals surface area contributed by atoms with Gasteiger partial charge in [0.05, 0.1) is 0 Å². The Labute approximate surface area is 121 Å². The van der Waals surface area contributed by atoms with E-state index in [1.807, 2.05) is 10.6 Å². The van der Waals surface area contributed by atoms with Gasteiger partial charge in [-0.15, -0.1) is 0 Å². The number of aryl methyl sites for hydroxylation is 1. The third-order valence-electron chi connectivity index (χ3n) is 3.73. The second kappa shape index (κ2) is 6.25. The molecule has 0 fully saturated rings. The molecule has 0 aliphatic carbocycles. The minimum absolute atomic E-state index is 0.297. The number of hydrogen-bond acceptors (Lipinski definition) is 3. The van der Waals surface area contributed by atoms with Crippen LogP contribution in [0, 0.1) is 12.3 Å². The van der Waals surface area contributed by atoms with E-state index in [2.05, 4.69) is 49.2 Å². The lowest BCUT2D eigenvalue weighted by atomic mass is 9.87. The summed E-state index contributed by atoms with van der Waals surface area (Å²) in [4.78, 5) is 4.26. The number of nitrogens with one attached hydrogen (secondary N) is 1. The molecule has 20 heavy (non-hydrogen) atoms. The van der Waals surface area contributed by atoms with Crippen LogP contribution in [0.5, 0.6) is 0 Å². The standard InChI is InChI=1S/C16H26N4/c1-5-6-7-8-16(3,4)11-17-14-9-13(2)10-15-18-12-19-20(14)15/h9-10,12,17H,5-8,11H2,1-4H3. The maximum Gasteiger partial charge on any atom is 0.157 e. The van der Waals surface area contributed by atoms with E-state index in [-0.39, 0.29) is 0 Å². The van der Waals surface area contributed by atoms with E-state index in [1.54, 1.807) is 6.33 Å². The summed E-state index contributed by atoms with van der Waals surface area (Å²) in [6, 6.07) is 4.17. The molecule has 0 saturated heterocycles. The highest BCUT2D eigenvalue weighted by atomic mass is 15.3. The molecular formula is C16H26N4. The highest BCUT2D eigenvalue weighted by molar-refractivity contribution is 5.51. The average molecular weight is 274 g/mol. The molecule has 0 saturated carbocycles. The summed E-state index contributed by atoms with van der Waals surface area (Å²) in [7, 11) is 0. The second-order valence-corrected chi connectivity index (χ2v) is 6.42. The molecule has 4 heteroatoms. The molecule has 2 rings (SSSR count). The van der Waals surface area contributed by atoms with Crippen LogP contribution in [0.25, 0.3) is 5.65 Å². The molecule has 0 amide bonds. The first-order chi connectivity index (χ1) is 9.52. The first kappa shape index (κ1) is 14.8. The number of rotatable bonds is 7. The molecule has 0 unspecified atom stereocenters. The summed E-state index contributed by atoms with van der Waals surface area (Å²) in [5, 5.41) is 7.82. The van der Waals surface area contributed by atoms with Gasteiger partial charge in [-0.3, -0.25) is 0 Å². The van der Waals surface area contributed by atoms with E-state index >= 15 is 0 Å². The van der Waals surface area contributed by atoms with Gasteiger partial charge in [0.25, 0.3) is 0 Å². The predicted octanol–water partition coefficient (Wildman–Crippen LogP) is 4.06. The number of fused-ring (bicyclic) bond motifs is 1. The lowest BCUT2D eigenvalue weighted by Gasteiger charge is -2.25. The van der Waals surface area contributed by atoms with Crippen molar-refractivity contribution in [2.24, 2.45) is 5.41 Å². The number of nitrogens with zero attached hydrogens (tertiary/aromatic N) is 3. The van der Waals surface area contributed by atoms with Gasteiger partial charge in [-0.05, 0) is 36.5 Å². The molecule has 4 nitrogen and oxygen atoms in total. The van der Waals surface area contributed by atoms with Crippen molar-refractivity contribution in [3.8, 4) is 0 Å². The molecule has 0 bridgehead atoms. The van der Waals surface area contributed by atoms with Crippen LogP contribution < -0.4 is 5.32 Å². The molecule has 1 N–H and O–H groups in total. The molecule has 2 aromatic heterocycles. The van der Waals surface area contributed by atoms with Gasteiger partial charge in [-0.2, -0.15) is 9.61 Å². The minimum atomic E-state index is 0.297. The molecule has 0 spiro atoms. The smallest absolute Gasteiger partial charge is 0.157 e. The Morgan fingerprint density at radius 3 is 2.80 bits per heavy atom. The summed E-state index contributed by atoms with van der Waals surface area (Å²) in [5.74, 6) is 1.03. The van der Waals surface area contributed by atoms with E-state index in [4.69, 9.17) is 0 Å². The molecule has 2 heterocycles. The second-order valence-electron chi connectivity index (χ2n) is 6.42. The Bertz CT molecular complexity index is 557. The van der Waals surface area contributed by atoms with E-state index in [9.17, 15) is 0 Å². The largest absolute Gasteiger partial charge is 0.369 e. The summed E-state index contributed by atoms with van der Waals surface area (Å²) >= 11 is 0. The first-order valence-corrected chi connectivity index (χ1v) is 7.56. The monoisotopic (exact) mass is 274 g/mol. The van der Waals surface area contributed by atoms with Crippen LogP contribution in [-0.4, -0.2) is 21.1 Å². The van der Waals surface area contributed by atoms with Crippen molar-refractivity contribution in [1.29, 1.82) is 0 Å².